The average Bonchev–Trinajstić information content (AvgIpc) is 2.59. The minimum atomic E-state index is -0.214. The first-order chi connectivity index (χ1) is 11.2. The van der Waals surface area contributed by atoms with Crippen molar-refractivity contribution in [3.63, 3.8) is 0 Å². The van der Waals surface area contributed by atoms with Crippen LogP contribution in [0.25, 0.3) is 0 Å². The Morgan fingerprint density at radius 1 is 1.29 bits per heavy atom. The third-order valence-electron chi connectivity index (χ3n) is 3.94. The van der Waals surface area contributed by atoms with E-state index in [-0.39, 0.29) is 29.8 Å². The van der Waals surface area contributed by atoms with Gasteiger partial charge in [-0.2, -0.15) is 0 Å². The van der Waals surface area contributed by atoms with Crippen LogP contribution in [0.5, 0.6) is 0 Å². The molecule has 1 aromatic rings. The van der Waals surface area contributed by atoms with Crippen molar-refractivity contribution >= 4 is 29.9 Å². The van der Waals surface area contributed by atoms with Gasteiger partial charge in [0.25, 0.3) is 0 Å². The number of halogens is 2. The zero-order valence-electron chi connectivity index (χ0n) is 14.4. The molecule has 0 saturated carbocycles. The van der Waals surface area contributed by atoms with Crippen LogP contribution in [0.4, 0.5) is 4.39 Å². The molecule has 0 radical (unpaired) electrons. The second kappa shape index (κ2) is 11.6. The number of nitrogens with one attached hydrogen (secondary N) is 2. The molecule has 1 heterocycles. The first-order valence-electron chi connectivity index (χ1n) is 8.28. The molecule has 2 rings (SSSR count). The van der Waals surface area contributed by atoms with Gasteiger partial charge in [-0.1, -0.05) is 18.2 Å². The number of benzene rings is 1. The van der Waals surface area contributed by atoms with Crippen LogP contribution in [0.15, 0.2) is 29.3 Å². The minimum absolute atomic E-state index is 0. The predicted octanol–water partition coefficient (Wildman–Crippen LogP) is 2.22. The summed E-state index contributed by atoms with van der Waals surface area (Å²) in [5.74, 6) is 0.504. The van der Waals surface area contributed by atoms with Crippen LogP contribution >= 0.6 is 24.0 Å². The summed E-state index contributed by atoms with van der Waals surface area (Å²) >= 11 is 0. The van der Waals surface area contributed by atoms with E-state index in [0.29, 0.717) is 18.2 Å². The van der Waals surface area contributed by atoms with Crippen molar-refractivity contribution in [2.24, 2.45) is 4.99 Å². The van der Waals surface area contributed by atoms with Gasteiger partial charge in [-0.3, -0.25) is 4.90 Å². The van der Waals surface area contributed by atoms with Crippen LogP contribution in [-0.2, 0) is 11.3 Å². The van der Waals surface area contributed by atoms with Crippen LogP contribution in [0, 0.1) is 5.82 Å². The van der Waals surface area contributed by atoms with Crippen molar-refractivity contribution in [1.29, 1.82) is 0 Å². The van der Waals surface area contributed by atoms with Gasteiger partial charge in [-0.05, 0) is 19.9 Å². The molecule has 0 amide bonds. The van der Waals surface area contributed by atoms with Crippen molar-refractivity contribution in [2.45, 2.75) is 26.4 Å². The number of nitrogens with zero attached hydrogens (tertiary/aromatic N) is 2. The summed E-state index contributed by atoms with van der Waals surface area (Å²) in [5, 5.41) is 6.55. The Balaban J connectivity index is 0.00000288. The van der Waals surface area contributed by atoms with Crippen LogP contribution in [0.1, 0.15) is 19.4 Å². The van der Waals surface area contributed by atoms with Crippen molar-refractivity contribution in [3.8, 4) is 0 Å². The highest BCUT2D eigenvalue weighted by molar-refractivity contribution is 14.0. The molecule has 1 aliphatic rings. The minimum Gasteiger partial charge on any atom is -0.379 e. The second-order valence-electron chi connectivity index (χ2n) is 5.66. The highest BCUT2D eigenvalue weighted by Crippen LogP contribution is 2.07. The number of ether oxygens (including phenoxy) is 1. The van der Waals surface area contributed by atoms with Gasteiger partial charge < -0.3 is 15.4 Å². The molecule has 1 saturated heterocycles. The van der Waals surface area contributed by atoms with E-state index in [9.17, 15) is 4.39 Å². The lowest BCUT2D eigenvalue weighted by Gasteiger charge is -2.32. The zero-order chi connectivity index (χ0) is 16.5. The van der Waals surface area contributed by atoms with Crippen molar-refractivity contribution in [1.82, 2.24) is 15.5 Å². The van der Waals surface area contributed by atoms with E-state index < -0.39 is 0 Å². The molecule has 7 heteroatoms. The molecule has 136 valence electrons. The van der Waals surface area contributed by atoms with Gasteiger partial charge in [-0.25, -0.2) is 9.38 Å². The van der Waals surface area contributed by atoms with Gasteiger partial charge in [0.05, 0.1) is 19.8 Å². The summed E-state index contributed by atoms with van der Waals surface area (Å²) in [5.41, 5.74) is 0.603. The molecular formula is C17H28FIN4O. The van der Waals surface area contributed by atoms with Crippen molar-refractivity contribution in [3.05, 3.63) is 35.6 Å². The fourth-order valence-corrected chi connectivity index (χ4v) is 2.52. The first kappa shape index (κ1) is 21.1. The van der Waals surface area contributed by atoms with Crippen molar-refractivity contribution in [2.75, 3.05) is 39.4 Å². The molecule has 1 unspecified atom stereocenters. The number of hydrogen-bond acceptors (Lipinski definition) is 3. The summed E-state index contributed by atoms with van der Waals surface area (Å²) < 4.78 is 19.0. The van der Waals surface area contributed by atoms with Gasteiger partial charge in [0.2, 0.25) is 0 Å². The van der Waals surface area contributed by atoms with E-state index in [1.807, 2.05) is 13.0 Å². The summed E-state index contributed by atoms with van der Waals surface area (Å²) in [6.45, 7) is 9.63. The maximum Gasteiger partial charge on any atom is 0.191 e. The fraction of sp³-hybridized carbons (Fsp3) is 0.588. The number of hydrogen-bond donors (Lipinski definition) is 2. The molecule has 0 bridgehead atoms. The third kappa shape index (κ3) is 6.90. The van der Waals surface area contributed by atoms with Crippen LogP contribution in [0.3, 0.4) is 0 Å². The Morgan fingerprint density at radius 2 is 2.00 bits per heavy atom. The fourth-order valence-electron chi connectivity index (χ4n) is 2.52. The van der Waals surface area contributed by atoms with Gasteiger partial charge in [0, 0.05) is 37.8 Å². The smallest absolute Gasteiger partial charge is 0.191 e. The monoisotopic (exact) mass is 450 g/mol. The molecule has 1 atom stereocenters. The maximum absolute atomic E-state index is 13.7. The van der Waals surface area contributed by atoms with Gasteiger partial charge in [-0.15, -0.1) is 24.0 Å². The molecule has 0 aliphatic carbocycles. The molecule has 24 heavy (non-hydrogen) atoms. The summed E-state index contributed by atoms with van der Waals surface area (Å²) in [7, 11) is 0. The summed E-state index contributed by atoms with van der Waals surface area (Å²) in [4.78, 5) is 6.87. The van der Waals surface area contributed by atoms with Gasteiger partial charge in [0.15, 0.2) is 5.96 Å². The quantitative estimate of drug-likeness (QED) is 0.397. The molecule has 1 aliphatic heterocycles. The van der Waals surface area contributed by atoms with Crippen LogP contribution in [-0.4, -0.2) is 56.3 Å². The Morgan fingerprint density at radius 3 is 2.67 bits per heavy atom. The highest BCUT2D eigenvalue weighted by atomic mass is 127. The van der Waals surface area contributed by atoms with Gasteiger partial charge >= 0.3 is 0 Å². The Hall–Kier alpha value is -0.930. The molecule has 0 spiro atoms. The zero-order valence-corrected chi connectivity index (χ0v) is 16.8. The molecule has 1 fully saturated rings. The molecular weight excluding hydrogens is 422 g/mol. The SMILES string of the molecule is CCNC(=NCc1ccccc1F)NCC(C)N1CCOCC1.I. The maximum atomic E-state index is 13.7. The van der Waals surface area contributed by atoms with E-state index in [4.69, 9.17) is 4.74 Å². The Labute approximate surface area is 161 Å². The topological polar surface area (TPSA) is 48.9 Å². The first-order valence-corrected chi connectivity index (χ1v) is 8.28. The number of guanidine groups is 1. The van der Waals surface area contributed by atoms with Crippen LogP contribution in [0.2, 0.25) is 0 Å². The van der Waals surface area contributed by atoms with E-state index in [0.717, 1.165) is 45.4 Å². The molecule has 1 aromatic carbocycles. The largest absolute Gasteiger partial charge is 0.379 e. The highest BCUT2D eigenvalue weighted by Gasteiger charge is 2.16. The van der Waals surface area contributed by atoms with E-state index >= 15 is 0 Å². The second-order valence-corrected chi connectivity index (χ2v) is 5.66. The third-order valence-corrected chi connectivity index (χ3v) is 3.94. The van der Waals surface area contributed by atoms with Gasteiger partial charge in [0.1, 0.15) is 5.82 Å². The summed E-state index contributed by atoms with van der Waals surface area (Å²) in [6, 6.07) is 7.14. The van der Waals surface area contributed by atoms with E-state index in [2.05, 4.69) is 27.4 Å². The van der Waals surface area contributed by atoms with E-state index in [1.165, 1.54) is 6.07 Å². The Kier molecular flexibility index (Phi) is 10.2. The lowest BCUT2D eigenvalue weighted by atomic mass is 10.2. The standard InChI is InChI=1S/C17H27FN4O.HI/c1-3-19-17(21-13-15-6-4-5-7-16(15)18)20-12-14(2)22-8-10-23-11-9-22;/h4-7,14H,3,8-13H2,1-2H3,(H2,19,20,21);1H. The molecule has 5 nitrogen and oxygen atoms in total. The lowest BCUT2D eigenvalue weighted by Crippen LogP contribution is -2.49. The number of aliphatic imine (C=N–C) groups is 1. The Bertz CT molecular complexity index is 509. The number of morpholine rings is 1. The molecule has 0 aromatic heterocycles. The average molecular weight is 450 g/mol. The van der Waals surface area contributed by atoms with E-state index in [1.54, 1.807) is 12.1 Å². The normalized spacial score (nSPS) is 17.0. The molecule has 2 N–H and O–H groups in total. The summed E-state index contributed by atoms with van der Waals surface area (Å²) in [6.07, 6.45) is 0. The van der Waals surface area contributed by atoms with Crippen molar-refractivity contribution < 1.29 is 9.13 Å². The number of rotatable bonds is 6. The van der Waals surface area contributed by atoms with Crippen LogP contribution < -0.4 is 10.6 Å². The lowest BCUT2D eigenvalue weighted by molar-refractivity contribution is 0.0211. The predicted molar refractivity (Wildman–Crippen MR) is 106 cm³/mol.